The summed E-state index contributed by atoms with van der Waals surface area (Å²) in [5.41, 5.74) is 4.58. The SMILES string of the molecule is CC(C)C(=O)NNC(=O)c1cc2c([nH]c1=O)CCCC2=O. The van der Waals surface area contributed by atoms with Crippen molar-refractivity contribution in [3.05, 3.63) is 33.2 Å². The van der Waals surface area contributed by atoms with E-state index in [-0.39, 0.29) is 23.2 Å². The van der Waals surface area contributed by atoms with E-state index in [0.29, 0.717) is 30.5 Å². The third-order valence-electron chi connectivity index (χ3n) is 3.32. The molecule has 112 valence electrons. The normalized spacial score (nSPS) is 13.8. The van der Waals surface area contributed by atoms with Crippen LogP contribution in [0.5, 0.6) is 0 Å². The molecule has 0 radical (unpaired) electrons. The van der Waals surface area contributed by atoms with Crippen LogP contribution in [0.25, 0.3) is 0 Å². The minimum atomic E-state index is -0.744. The molecule has 0 saturated heterocycles. The molecule has 7 heteroatoms. The van der Waals surface area contributed by atoms with Crippen LogP contribution in [0.4, 0.5) is 0 Å². The lowest BCUT2D eigenvalue weighted by Crippen LogP contribution is -2.45. The lowest BCUT2D eigenvalue weighted by Gasteiger charge is -2.15. The molecule has 0 atom stereocenters. The number of hydrazine groups is 1. The Bertz CT molecular complexity index is 661. The van der Waals surface area contributed by atoms with E-state index in [4.69, 9.17) is 0 Å². The molecule has 2 amide bonds. The lowest BCUT2D eigenvalue weighted by molar-refractivity contribution is -0.124. The number of carbonyl (C=O) groups excluding carboxylic acids is 3. The molecule has 1 aliphatic rings. The van der Waals surface area contributed by atoms with Crippen molar-refractivity contribution in [2.45, 2.75) is 33.1 Å². The van der Waals surface area contributed by atoms with Gasteiger partial charge in [0.2, 0.25) is 5.91 Å². The molecule has 1 aromatic rings. The van der Waals surface area contributed by atoms with Gasteiger partial charge in [0.15, 0.2) is 5.78 Å². The highest BCUT2D eigenvalue weighted by Gasteiger charge is 2.22. The first-order valence-electron chi connectivity index (χ1n) is 6.79. The molecule has 1 aromatic heterocycles. The summed E-state index contributed by atoms with van der Waals surface area (Å²) in [6.07, 6.45) is 1.71. The molecule has 0 aromatic carbocycles. The van der Waals surface area contributed by atoms with E-state index in [0.717, 1.165) is 0 Å². The van der Waals surface area contributed by atoms with Crippen molar-refractivity contribution < 1.29 is 14.4 Å². The van der Waals surface area contributed by atoms with E-state index in [2.05, 4.69) is 15.8 Å². The molecular weight excluding hydrogens is 274 g/mol. The second-order valence-corrected chi connectivity index (χ2v) is 5.28. The highest BCUT2D eigenvalue weighted by Crippen LogP contribution is 2.18. The Labute approximate surface area is 121 Å². The number of Topliss-reactive ketones (excluding diaryl/α,β-unsaturated/α-hetero) is 1. The zero-order valence-corrected chi connectivity index (χ0v) is 11.9. The second-order valence-electron chi connectivity index (χ2n) is 5.28. The molecule has 3 N–H and O–H groups in total. The fraction of sp³-hybridized carbons (Fsp3) is 0.429. The largest absolute Gasteiger partial charge is 0.325 e. The number of pyridine rings is 1. The van der Waals surface area contributed by atoms with Gasteiger partial charge in [-0.05, 0) is 18.9 Å². The quantitative estimate of drug-likeness (QED) is 0.681. The number of aromatic nitrogens is 1. The van der Waals surface area contributed by atoms with Crippen LogP contribution in [-0.2, 0) is 11.2 Å². The van der Waals surface area contributed by atoms with Crippen molar-refractivity contribution in [3.8, 4) is 0 Å². The number of aryl methyl sites for hydroxylation is 1. The fourth-order valence-electron chi connectivity index (χ4n) is 2.07. The highest BCUT2D eigenvalue weighted by atomic mass is 16.2. The number of aromatic amines is 1. The van der Waals surface area contributed by atoms with Crippen molar-refractivity contribution in [3.63, 3.8) is 0 Å². The van der Waals surface area contributed by atoms with Crippen LogP contribution in [-0.4, -0.2) is 22.6 Å². The summed E-state index contributed by atoms with van der Waals surface area (Å²) in [6.45, 7) is 3.34. The van der Waals surface area contributed by atoms with E-state index in [1.807, 2.05) is 0 Å². The van der Waals surface area contributed by atoms with Crippen molar-refractivity contribution in [2.24, 2.45) is 5.92 Å². The summed E-state index contributed by atoms with van der Waals surface area (Å²) < 4.78 is 0. The predicted molar refractivity (Wildman–Crippen MR) is 74.8 cm³/mol. The summed E-state index contributed by atoms with van der Waals surface area (Å²) in [6, 6.07) is 1.30. The Morgan fingerprint density at radius 2 is 1.90 bits per heavy atom. The lowest BCUT2D eigenvalue weighted by atomic mass is 9.94. The van der Waals surface area contributed by atoms with Crippen molar-refractivity contribution in [2.75, 3.05) is 0 Å². The first kappa shape index (κ1) is 15.0. The van der Waals surface area contributed by atoms with E-state index in [1.165, 1.54) is 6.07 Å². The Hall–Kier alpha value is -2.44. The number of H-pyrrole nitrogens is 1. The number of fused-ring (bicyclic) bond motifs is 1. The third kappa shape index (κ3) is 3.18. The van der Waals surface area contributed by atoms with Crippen LogP contribution in [0.2, 0.25) is 0 Å². The minimum Gasteiger partial charge on any atom is -0.325 e. The summed E-state index contributed by atoms with van der Waals surface area (Å²) >= 11 is 0. The number of carbonyl (C=O) groups is 3. The number of nitrogens with one attached hydrogen (secondary N) is 3. The molecule has 2 rings (SSSR count). The number of amides is 2. The summed E-state index contributed by atoms with van der Waals surface area (Å²) in [5.74, 6) is -1.50. The van der Waals surface area contributed by atoms with Gasteiger partial charge < -0.3 is 4.98 Å². The van der Waals surface area contributed by atoms with Gasteiger partial charge in [0.05, 0.1) is 0 Å². The minimum absolute atomic E-state index is 0.0900. The maximum atomic E-state index is 11.9. The first-order valence-corrected chi connectivity index (χ1v) is 6.79. The Balaban J connectivity index is 2.22. The molecule has 7 nitrogen and oxygen atoms in total. The van der Waals surface area contributed by atoms with Gasteiger partial charge in [-0.15, -0.1) is 0 Å². The van der Waals surface area contributed by atoms with Gasteiger partial charge >= 0.3 is 0 Å². The predicted octanol–water partition coefficient (Wildman–Crippen LogP) is 0.311. The molecule has 0 aliphatic heterocycles. The molecule has 21 heavy (non-hydrogen) atoms. The molecular formula is C14H17N3O4. The molecule has 0 bridgehead atoms. The van der Waals surface area contributed by atoms with Crippen LogP contribution in [0, 0.1) is 5.92 Å². The van der Waals surface area contributed by atoms with E-state index in [9.17, 15) is 19.2 Å². The van der Waals surface area contributed by atoms with Crippen molar-refractivity contribution >= 4 is 17.6 Å². The number of hydrogen-bond acceptors (Lipinski definition) is 4. The number of ketones is 1. The Kier molecular flexibility index (Phi) is 4.21. The molecule has 0 saturated carbocycles. The standard InChI is InChI=1S/C14H17N3O4/c1-7(2)12(19)16-17-14(21)9-6-8-10(15-13(9)20)4-3-5-11(8)18/h6-7H,3-5H2,1-2H3,(H,15,20)(H,16,19)(H,17,21). The van der Waals surface area contributed by atoms with Crippen LogP contribution in [0.1, 0.15) is 53.1 Å². The van der Waals surface area contributed by atoms with Gasteiger partial charge in [-0.3, -0.25) is 30.0 Å². The summed E-state index contributed by atoms with van der Waals surface area (Å²) in [4.78, 5) is 49.6. The molecule has 0 fully saturated rings. The number of hydrogen-bond donors (Lipinski definition) is 3. The van der Waals surface area contributed by atoms with Crippen molar-refractivity contribution in [1.82, 2.24) is 15.8 Å². The van der Waals surface area contributed by atoms with E-state index < -0.39 is 11.5 Å². The van der Waals surface area contributed by atoms with Gasteiger partial charge in [-0.2, -0.15) is 0 Å². The molecule has 0 spiro atoms. The van der Waals surface area contributed by atoms with E-state index >= 15 is 0 Å². The average molecular weight is 291 g/mol. The first-order chi connectivity index (χ1) is 9.90. The zero-order chi connectivity index (χ0) is 15.6. The number of rotatable bonds is 2. The zero-order valence-electron chi connectivity index (χ0n) is 11.9. The van der Waals surface area contributed by atoms with Crippen LogP contribution < -0.4 is 16.4 Å². The van der Waals surface area contributed by atoms with Gasteiger partial charge in [-0.25, -0.2) is 0 Å². The molecule has 0 unspecified atom stereocenters. The van der Waals surface area contributed by atoms with Crippen LogP contribution in [0.15, 0.2) is 10.9 Å². The van der Waals surface area contributed by atoms with Crippen LogP contribution >= 0.6 is 0 Å². The fourth-order valence-corrected chi connectivity index (χ4v) is 2.07. The smallest absolute Gasteiger partial charge is 0.275 e. The van der Waals surface area contributed by atoms with Crippen LogP contribution in [0.3, 0.4) is 0 Å². The highest BCUT2D eigenvalue weighted by molar-refractivity contribution is 6.01. The summed E-state index contributed by atoms with van der Waals surface area (Å²) in [5, 5.41) is 0. The van der Waals surface area contributed by atoms with Gasteiger partial charge in [0.25, 0.3) is 11.5 Å². The molecule has 1 heterocycles. The maximum Gasteiger partial charge on any atom is 0.275 e. The van der Waals surface area contributed by atoms with Gasteiger partial charge in [0.1, 0.15) is 5.56 Å². The maximum absolute atomic E-state index is 11.9. The third-order valence-corrected chi connectivity index (χ3v) is 3.32. The molecule has 1 aliphatic carbocycles. The van der Waals surface area contributed by atoms with Crippen molar-refractivity contribution in [1.29, 1.82) is 0 Å². The summed E-state index contributed by atoms with van der Waals surface area (Å²) in [7, 11) is 0. The Morgan fingerprint density at radius 3 is 2.57 bits per heavy atom. The topological polar surface area (TPSA) is 108 Å². The van der Waals surface area contributed by atoms with Gasteiger partial charge in [-0.1, -0.05) is 13.8 Å². The van der Waals surface area contributed by atoms with Gasteiger partial charge in [0, 0.05) is 23.6 Å². The average Bonchev–Trinajstić information content (AvgIpc) is 2.43. The Morgan fingerprint density at radius 1 is 1.19 bits per heavy atom. The second kappa shape index (κ2) is 5.90. The monoisotopic (exact) mass is 291 g/mol. The van der Waals surface area contributed by atoms with E-state index in [1.54, 1.807) is 13.8 Å².